The molecule has 0 spiro atoms. The Labute approximate surface area is 645 Å². The first-order chi connectivity index (χ1) is 53.2. The molecule has 3 aromatic rings. The summed E-state index contributed by atoms with van der Waals surface area (Å²) < 4.78 is 0. The molecule has 0 aliphatic carbocycles. The Balaban J connectivity index is 2.00. The Morgan fingerprint density at radius 1 is 0.442 bits per heavy atom. The van der Waals surface area contributed by atoms with E-state index in [-0.39, 0.29) is 42.2 Å². The van der Waals surface area contributed by atoms with Crippen LogP contribution in [0.4, 0.5) is 11.6 Å². The van der Waals surface area contributed by atoms with E-state index >= 15 is 0 Å². The molecule has 632 valence electrons. The lowest BCUT2D eigenvalue weighted by atomic mass is 10.0. The second-order valence-electron chi connectivity index (χ2n) is 25.5. The molecule has 32 N–H and O–H groups in total. The van der Waals surface area contributed by atoms with Crippen LogP contribution in [-0.4, -0.2) is 350 Å². The lowest BCUT2D eigenvalue weighted by molar-refractivity contribution is -0.142. The van der Waals surface area contributed by atoms with Crippen LogP contribution in [0.1, 0.15) is 93.1 Å². The van der Waals surface area contributed by atoms with Crippen molar-refractivity contribution in [2.24, 2.45) is 0 Å². The maximum atomic E-state index is 14.6. The summed E-state index contributed by atoms with van der Waals surface area (Å²) in [7, 11) is 0. The summed E-state index contributed by atoms with van der Waals surface area (Å²) in [6, 6.07) is -6.17. The van der Waals surface area contributed by atoms with Crippen molar-refractivity contribution in [2.75, 3.05) is 62.8 Å². The third-order valence-corrected chi connectivity index (χ3v) is 17.1. The predicted molar refractivity (Wildman–Crippen MR) is 385 cm³/mol. The number of benzene rings is 1. The van der Waals surface area contributed by atoms with E-state index in [9.17, 15) is 149 Å². The van der Waals surface area contributed by atoms with Gasteiger partial charge in [0.15, 0.2) is 11.2 Å². The Morgan fingerprint density at radius 3 is 1.15 bits per heavy atom. The van der Waals surface area contributed by atoms with Gasteiger partial charge in [0.2, 0.25) is 59.1 Å². The second-order valence-corrected chi connectivity index (χ2v) is 25.9. The van der Waals surface area contributed by atoms with Crippen molar-refractivity contribution in [3.63, 3.8) is 0 Å². The summed E-state index contributed by atoms with van der Waals surface area (Å²) in [4.78, 5) is 201. The van der Waals surface area contributed by atoms with Gasteiger partial charge in [-0.3, -0.25) is 67.3 Å². The Kier molecular flexibility index (Phi) is 42.5. The Morgan fingerprint density at radius 2 is 0.796 bits per heavy atom. The highest BCUT2D eigenvalue weighted by Gasteiger charge is 2.37. The summed E-state index contributed by atoms with van der Waals surface area (Å²) in [6.45, 7) is -5.91. The smallest absolute Gasteiger partial charge is 0.327 e. The number of aromatic amines is 1. The molecule has 49 heteroatoms. The van der Waals surface area contributed by atoms with E-state index in [0.29, 0.717) is 11.4 Å². The fourth-order valence-corrected chi connectivity index (χ4v) is 10.3. The lowest BCUT2D eigenvalue weighted by Gasteiger charge is -2.28. The normalized spacial score (nSPS) is 16.2. The van der Waals surface area contributed by atoms with Gasteiger partial charge in [0.1, 0.15) is 91.2 Å². The number of aliphatic hydroxyl groups excluding tert-OH is 15. The molecular formula is C64H98N16O32S. The van der Waals surface area contributed by atoms with E-state index in [1.807, 2.05) is 5.32 Å². The van der Waals surface area contributed by atoms with Gasteiger partial charge in [-0.1, -0.05) is 0 Å². The van der Waals surface area contributed by atoms with Crippen LogP contribution in [0.25, 0.3) is 11.2 Å². The van der Waals surface area contributed by atoms with Crippen molar-refractivity contribution in [1.82, 2.24) is 73.1 Å². The van der Waals surface area contributed by atoms with Crippen molar-refractivity contribution in [2.45, 2.75) is 193 Å². The summed E-state index contributed by atoms with van der Waals surface area (Å²) in [5.74, 6) is -17.7. The molecule has 0 saturated heterocycles. The zero-order chi connectivity index (χ0) is 84.9. The average molecular weight is 1640 g/mol. The maximum absolute atomic E-state index is 14.6. The molecule has 2 heterocycles. The number of aliphatic hydroxyl groups is 15. The molecule has 0 fully saturated rings. The van der Waals surface area contributed by atoms with Gasteiger partial charge in [-0.2, -0.15) is 17.6 Å². The fraction of sp³-hybridized carbons (Fsp3) is 0.609. The van der Waals surface area contributed by atoms with E-state index in [1.165, 1.54) is 18.3 Å². The van der Waals surface area contributed by atoms with Gasteiger partial charge in [0.05, 0.1) is 56.6 Å². The zero-order valence-corrected chi connectivity index (χ0v) is 61.2. The minimum absolute atomic E-state index is 0.0243. The first kappa shape index (κ1) is 97.1. The number of carbonyl (C=O) groups excluding carboxylic acids is 10. The number of carboxylic acid groups (broad SMARTS) is 3. The molecule has 0 saturated carbocycles. The summed E-state index contributed by atoms with van der Waals surface area (Å²) >= 11 is 3.88. The van der Waals surface area contributed by atoms with Crippen LogP contribution in [0.15, 0.2) is 35.3 Å². The minimum atomic E-state index is -2.22. The van der Waals surface area contributed by atoms with Gasteiger partial charge in [-0.15, -0.1) is 0 Å². The Bertz CT molecular complexity index is 3720. The van der Waals surface area contributed by atoms with Gasteiger partial charge < -0.3 is 156 Å². The van der Waals surface area contributed by atoms with Crippen molar-refractivity contribution >= 4 is 112 Å². The van der Waals surface area contributed by atoms with Crippen LogP contribution in [0.2, 0.25) is 0 Å². The third kappa shape index (κ3) is 34.0. The van der Waals surface area contributed by atoms with Gasteiger partial charge in [0.25, 0.3) is 11.5 Å². The standard InChI is InChI=1S/C64H98N16O32S/c65-64-79-55-48(62(110)80-64)72-29(19-71-55)18-67-28-5-3-27(4-6-28)56(104)66-17-1-2-45(93)73-30(7-12-42(90)68-20-36(84)49(98)52(101)39(87)23-81)57(105)76-33(10-15-46(94)95)59(107)74-31(8-13-43(91)69-21-37(85)50(99)53(102)40(88)24-82)58(106)77-34(11-16-47(96)97)60(108)75-32(61(109)78-35(26-113)63(111)112)9-14-44(92)70-22-38(86)51(100)54(103)41(89)25-83/h3-6,19,30-41,49-54,67,81-89,98-103,113H,1-2,7-18,20-26H2,(H,66,104)(H,68,90)(H,69,91)(H,70,92)(H,73,93)(H,74,107)(H,75,108)(H,76,105)(H,77,106)(H,78,109)(H,94,95)(H,96,97)(H,111,112)(H3,65,71,79,80,110)/t30-,31-,32-,33-,34-,35-,36-,37-,38-,39+,40+,41+,49+,50+,51+,52+,53+,54+/m0/s1. The van der Waals surface area contributed by atoms with Gasteiger partial charge in [0, 0.05) is 81.7 Å². The van der Waals surface area contributed by atoms with Crippen molar-refractivity contribution in [1.29, 1.82) is 0 Å². The third-order valence-electron chi connectivity index (χ3n) is 16.7. The van der Waals surface area contributed by atoms with E-state index < -0.39 is 308 Å². The molecule has 0 radical (unpaired) electrons. The van der Waals surface area contributed by atoms with Crippen LogP contribution < -0.4 is 69.8 Å². The van der Waals surface area contributed by atoms with Gasteiger partial charge in [-0.05, 0) is 62.8 Å². The molecule has 10 amide bonds. The highest BCUT2D eigenvalue weighted by molar-refractivity contribution is 7.80. The number of thiol groups is 1. The molecule has 0 bridgehead atoms. The van der Waals surface area contributed by atoms with E-state index in [0.717, 1.165) is 0 Å². The number of nitrogens with two attached hydrogens (primary N) is 1. The number of nitrogens with zero attached hydrogens (tertiary/aromatic N) is 3. The number of H-pyrrole nitrogens is 1. The molecule has 2 aromatic heterocycles. The topological polar surface area (TPSA) is 816 Å². The van der Waals surface area contributed by atoms with Gasteiger partial charge >= 0.3 is 17.9 Å². The molecule has 0 aliphatic heterocycles. The van der Waals surface area contributed by atoms with Crippen LogP contribution in [0.3, 0.4) is 0 Å². The number of anilines is 2. The number of aliphatic carboxylic acids is 3. The van der Waals surface area contributed by atoms with Crippen LogP contribution in [0.5, 0.6) is 0 Å². The molecule has 3 rings (SSSR count). The minimum Gasteiger partial charge on any atom is -0.481 e. The molecular weight excluding hydrogens is 1540 g/mol. The number of nitrogens with one attached hydrogen (secondary N) is 12. The fourth-order valence-electron chi connectivity index (χ4n) is 10.0. The number of fused-ring (bicyclic) bond motifs is 1. The first-order valence-corrected chi connectivity index (χ1v) is 35.4. The van der Waals surface area contributed by atoms with Crippen LogP contribution in [0, 0.1) is 0 Å². The van der Waals surface area contributed by atoms with E-state index in [1.54, 1.807) is 12.1 Å². The molecule has 113 heavy (non-hydrogen) atoms. The monoisotopic (exact) mass is 1630 g/mol. The SMILES string of the molecule is Nc1nc2ncc(CNc3ccc(C(=O)NCCCC(=O)N[C@@H](CCC(=O)NC[C@H](O)[C@@H](O)[C@H](O)[C@H](O)CO)C(=O)N[C@@H](CCC(=O)O)C(=O)N[C@@H](CCC(=O)NC[C@H](O)[C@@H](O)[C@H](O)[C@H](O)CO)C(=O)N[C@@H](CCC(=O)O)C(=O)N[C@@H](CCC(=O)NC[C@H](O)[C@@H](O)[C@H](O)[C@H](O)CO)C(=O)N[C@@H](CS)C(=O)O)cc3)nc2c(=O)[nH]1. The number of amides is 10. The lowest BCUT2D eigenvalue weighted by Crippen LogP contribution is -2.59. The average Bonchev–Trinajstić information content (AvgIpc) is 0.812. The maximum Gasteiger partial charge on any atom is 0.327 e. The molecule has 18 atom stereocenters. The number of aromatic nitrogens is 4. The summed E-state index contributed by atoms with van der Waals surface area (Å²) in [6.07, 6.45) is -32.9. The molecule has 0 unspecified atom stereocenters. The van der Waals surface area contributed by atoms with Crippen molar-refractivity contribution < 1.29 is 154 Å². The highest BCUT2D eigenvalue weighted by atomic mass is 32.1. The molecule has 0 aliphatic rings. The number of carbonyl (C=O) groups is 13. The number of hydrogen-bond acceptors (Lipinski definition) is 35. The Hall–Kier alpha value is -10.1. The van der Waals surface area contributed by atoms with Crippen molar-refractivity contribution in [3.05, 3.63) is 52.1 Å². The van der Waals surface area contributed by atoms with E-state index in [4.69, 9.17) is 15.9 Å². The quantitative estimate of drug-likeness (QED) is 0.0184. The number of carboxylic acids is 3. The molecule has 1 aromatic carbocycles. The van der Waals surface area contributed by atoms with Crippen LogP contribution in [-0.2, 0) is 64.1 Å². The number of nitrogen functional groups attached to an aromatic ring is 1. The summed E-state index contributed by atoms with van der Waals surface area (Å²) in [5, 5.41) is 203. The number of hydrogen-bond donors (Lipinski definition) is 32. The van der Waals surface area contributed by atoms with Crippen molar-refractivity contribution in [3.8, 4) is 0 Å². The largest absolute Gasteiger partial charge is 0.481 e. The first-order valence-electron chi connectivity index (χ1n) is 34.8. The van der Waals surface area contributed by atoms with Gasteiger partial charge in [-0.25, -0.2) is 14.8 Å². The number of rotatable bonds is 54. The molecule has 48 nitrogen and oxygen atoms in total. The second kappa shape index (κ2) is 49.4. The van der Waals surface area contributed by atoms with Crippen LogP contribution >= 0.6 is 12.6 Å². The predicted octanol–water partition coefficient (Wildman–Crippen LogP) is -13.9. The zero-order valence-electron chi connectivity index (χ0n) is 60.3. The van der Waals surface area contributed by atoms with E-state index in [2.05, 4.69) is 85.7 Å². The highest BCUT2D eigenvalue weighted by Crippen LogP contribution is 2.16. The summed E-state index contributed by atoms with van der Waals surface area (Å²) in [5.41, 5.74) is 5.93.